The topological polar surface area (TPSA) is 56.0 Å². The maximum atomic E-state index is 13.0. The molecular weight excluding hydrogens is 269 g/mol. The first-order chi connectivity index (χ1) is 9.30. The van der Waals surface area contributed by atoms with E-state index in [4.69, 9.17) is 5.73 Å². The Bertz CT molecular complexity index is 648. The van der Waals surface area contributed by atoms with Crippen LogP contribution in [-0.2, 0) is 6.18 Å². The number of halogens is 3. The Kier molecular flexibility index (Phi) is 3.48. The van der Waals surface area contributed by atoms with Crippen molar-refractivity contribution in [3.05, 3.63) is 53.3 Å². The number of nitrogens with zero attached hydrogens (tertiary/aromatic N) is 1. The number of hydrogen-bond acceptors (Lipinski definition) is 2. The van der Waals surface area contributed by atoms with Crippen molar-refractivity contribution in [2.24, 2.45) is 5.73 Å². The molecule has 0 fully saturated rings. The van der Waals surface area contributed by atoms with E-state index >= 15 is 0 Å². The number of carbonyl (C=O) groups excluding carboxylic acids is 1. The Balaban J connectivity index is 2.76. The number of rotatable bonds is 2. The number of pyridine rings is 1. The molecule has 0 atom stereocenters. The number of amides is 1. The molecule has 0 bridgehead atoms. The molecule has 0 aliphatic heterocycles. The van der Waals surface area contributed by atoms with E-state index in [0.717, 1.165) is 11.8 Å². The van der Waals surface area contributed by atoms with Gasteiger partial charge in [-0.25, -0.2) is 0 Å². The zero-order chi connectivity index (χ0) is 14.9. The van der Waals surface area contributed by atoms with E-state index in [9.17, 15) is 18.0 Å². The highest BCUT2D eigenvalue weighted by Gasteiger charge is 2.37. The number of carbonyl (C=O) groups is 1. The summed E-state index contributed by atoms with van der Waals surface area (Å²) >= 11 is 0. The summed E-state index contributed by atoms with van der Waals surface area (Å²) in [6, 6.07) is 7.52. The molecule has 3 nitrogen and oxygen atoms in total. The van der Waals surface area contributed by atoms with Crippen molar-refractivity contribution in [1.29, 1.82) is 0 Å². The predicted molar refractivity (Wildman–Crippen MR) is 67.9 cm³/mol. The van der Waals surface area contributed by atoms with Crippen molar-refractivity contribution in [2.75, 3.05) is 0 Å². The molecule has 0 spiro atoms. The van der Waals surface area contributed by atoms with Crippen LogP contribution in [0.3, 0.4) is 0 Å². The molecule has 0 aliphatic rings. The Labute approximate surface area is 113 Å². The van der Waals surface area contributed by atoms with Gasteiger partial charge in [-0.3, -0.25) is 9.78 Å². The normalized spacial score (nSPS) is 11.4. The first kappa shape index (κ1) is 14.0. The van der Waals surface area contributed by atoms with Crippen LogP contribution < -0.4 is 5.73 Å². The van der Waals surface area contributed by atoms with Gasteiger partial charge >= 0.3 is 6.18 Å². The van der Waals surface area contributed by atoms with E-state index in [2.05, 4.69) is 4.98 Å². The second kappa shape index (κ2) is 4.96. The summed E-state index contributed by atoms with van der Waals surface area (Å²) in [5.74, 6) is -0.923. The van der Waals surface area contributed by atoms with Crippen LogP contribution in [-0.4, -0.2) is 10.9 Å². The lowest BCUT2D eigenvalue weighted by Crippen LogP contribution is -2.17. The van der Waals surface area contributed by atoms with Crippen LogP contribution in [0.25, 0.3) is 11.1 Å². The third-order valence-corrected chi connectivity index (χ3v) is 2.83. The Morgan fingerprint density at radius 1 is 1.15 bits per heavy atom. The maximum absolute atomic E-state index is 13.0. The number of benzene rings is 1. The summed E-state index contributed by atoms with van der Waals surface area (Å²) in [5, 5.41) is 0. The van der Waals surface area contributed by atoms with E-state index in [1.165, 1.54) is 18.2 Å². The van der Waals surface area contributed by atoms with Crippen LogP contribution in [0.4, 0.5) is 13.2 Å². The average Bonchev–Trinajstić information content (AvgIpc) is 2.37. The van der Waals surface area contributed by atoms with E-state index in [-0.39, 0.29) is 16.7 Å². The van der Waals surface area contributed by atoms with Gasteiger partial charge in [-0.2, -0.15) is 13.2 Å². The van der Waals surface area contributed by atoms with Gasteiger partial charge in [0, 0.05) is 11.8 Å². The quantitative estimate of drug-likeness (QED) is 0.918. The predicted octanol–water partition coefficient (Wildman–Crippen LogP) is 3.17. The van der Waals surface area contributed by atoms with E-state index in [1.54, 1.807) is 12.1 Å². The first-order valence-electron chi connectivity index (χ1n) is 5.73. The number of primary amides is 1. The minimum atomic E-state index is -4.66. The van der Waals surface area contributed by atoms with Crippen LogP contribution in [0.5, 0.6) is 0 Å². The van der Waals surface area contributed by atoms with Crippen LogP contribution >= 0.6 is 0 Å². The summed E-state index contributed by atoms with van der Waals surface area (Å²) in [5.41, 5.74) is 4.71. The van der Waals surface area contributed by atoms with Gasteiger partial charge in [-0.15, -0.1) is 0 Å². The van der Waals surface area contributed by atoms with Crippen molar-refractivity contribution in [1.82, 2.24) is 4.98 Å². The summed E-state index contributed by atoms with van der Waals surface area (Å²) < 4.78 is 39.1. The summed E-state index contributed by atoms with van der Waals surface area (Å²) in [6.07, 6.45) is -3.73. The van der Waals surface area contributed by atoms with Crippen molar-refractivity contribution >= 4 is 5.91 Å². The highest BCUT2D eigenvalue weighted by atomic mass is 19.4. The molecule has 104 valence electrons. The molecule has 0 radical (unpaired) electrons. The lowest BCUT2D eigenvalue weighted by molar-refractivity contribution is -0.140. The standard InChI is InChI=1S/C14H11F3N2O/c1-8-2-4-9(5-3-8)11-10(13(18)20)6-7-19-12(11)14(15,16)17/h2-7H,1H3,(H2,18,20). The van der Waals surface area contributed by atoms with E-state index in [1.807, 2.05) is 6.92 Å². The smallest absolute Gasteiger partial charge is 0.366 e. The molecule has 0 unspecified atom stereocenters. The zero-order valence-corrected chi connectivity index (χ0v) is 10.5. The minimum absolute atomic E-state index is 0.198. The molecule has 0 saturated carbocycles. The first-order valence-corrected chi connectivity index (χ1v) is 5.73. The van der Waals surface area contributed by atoms with Crippen LogP contribution in [0.15, 0.2) is 36.5 Å². The molecule has 0 aliphatic carbocycles. The number of aromatic nitrogens is 1. The third-order valence-electron chi connectivity index (χ3n) is 2.83. The molecule has 2 rings (SSSR count). The van der Waals surface area contributed by atoms with Gasteiger partial charge < -0.3 is 5.73 Å². The fourth-order valence-electron chi connectivity index (χ4n) is 1.89. The van der Waals surface area contributed by atoms with Gasteiger partial charge in [0.15, 0.2) is 5.69 Å². The van der Waals surface area contributed by atoms with Gasteiger partial charge in [0.05, 0.1) is 5.56 Å². The van der Waals surface area contributed by atoms with Crippen LogP contribution in [0.2, 0.25) is 0 Å². The van der Waals surface area contributed by atoms with Crippen molar-refractivity contribution < 1.29 is 18.0 Å². The Hall–Kier alpha value is -2.37. The number of nitrogens with two attached hydrogens (primary N) is 1. The van der Waals surface area contributed by atoms with E-state index < -0.39 is 17.8 Å². The fourth-order valence-corrected chi connectivity index (χ4v) is 1.89. The molecule has 20 heavy (non-hydrogen) atoms. The van der Waals surface area contributed by atoms with Gasteiger partial charge in [-0.05, 0) is 18.6 Å². The molecular formula is C14H11F3N2O. The van der Waals surface area contributed by atoms with Gasteiger partial charge in [0.1, 0.15) is 0 Å². The highest BCUT2D eigenvalue weighted by Crippen LogP contribution is 2.37. The minimum Gasteiger partial charge on any atom is -0.366 e. The SMILES string of the molecule is Cc1ccc(-c2c(C(N)=O)ccnc2C(F)(F)F)cc1. The maximum Gasteiger partial charge on any atom is 0.433 e. The van der Waals surface area contributed by atoms with Crippen molar-refractivity contribution in [2.45, 2.75) is 13.1 Å². The zero-order valence-electron chi connectivity index (χ0n) is 10.5. The summed E-state index contributed by atoms with van der Waals surface area (Å²) in [7, 11) is 0. The molecule has 1 amide bonds. The van der Waals surface area contributed by atoms with Gasteiger partial charge in [0.25, 0.3) is 0 Å². The number of alkyl halides is 3. The molecule has 6 heteroatoms. The molecule has 1 aromatic heterocycles. The van der Waals surface area contributed by atoms with Crippen molar-refractivity contribution in [3.8, 4) is 11.1 Å². The Morgan fingerprint density at radius 2 is 1.75 bits per heavy atom. The third kappa shape index (κ3) is 2.64. The summed E-state index contributed by atoms with van der Waals surface area (Å²) in [4.78, 5) is 14.7. The van der Waals surface area contributed by atoms with Crippen LogP contribution in [0.1, 0.15) is 21.6 Å². The monoisotopic (exact) mass is 280 g/mol. The molecule has 2 N–H and O–H groups in total. The van der Waals surface area contributed by atoms with E-state index in [0.29, 0.717) is 0 Å². The van der Waals surface area contributed by atoms with Crippen molar-refractivity contribution in [3.63, 3.8) is 0 Å². The van der Waals surface area contributed by atoms with Gasteiger partial charge in [-0.1, -0.05) is 29.8 Å². The second-order valence-corrected chi connectivity index (χ2v) is 4.31. The molecule has 1 heterocycles. The summed E-state index contributed by atoms with van der Waals surface area (Å²) in [6.45, 7) is 1.81. The Morgan fingerprint density at radius 3 is 2.25 bits per heavy atom. The largest absolute Gasteiger partial charge is 0.433 e. The fraction of sp³-hybridized carbons (Fsp3) is 0.143. The van der Waals surface area contributed by atoms with Crippen LogP contribution in [0, 0.1) is 6.92 Å². The highest BCUT2D eigenvalue weighted by molar-refractivity contribution is 6.00. The molecule has 0 saturated heterocycles. The lowest BCUT2D eigenvalue weighted by Gasteiger charge is -2.14. The van der Waals surface area contributed by atoms with Gasteiger partial charge in [0.2, 0.25) is 5.91 Å². The average molecular weight is 280 g/mol. The second-order valence-electron chi connectivity index (χ2n) is 4.31. The number of hydrogen-bond donors (Lipinski definition) is 1. The lowest BCUT2D eigenvalue weighted by atomic mass is 9.97. The molecule has 2 aromatic rings. The molecule has 1 aromatic carbocycles. The number of aryl methyl sites for hydroxylation is 1.